The zero-order valence-electron chi connectivity index (χ0n) is 19.1. The van der Waals surface area contributed by atoms with Gasteiger partial charge in [-0.1, -0.05) is 53.7 Å². The number of nitrogens with one attached hydrogen (secondary N) is 1. The largest absolute Gasteiger partial charge is 0.320 e. The van der Waals surface area contributed by atoms with Gasteiger partial charge in [0.1, 0.15) is 5.69 Å². The molecule has 0 bridgehead atoms. The first-order valence-corrected chi connectivity index (χ1v) is 11.6. The van der Waals surface area contributed by atoms with Gasteiger partial charge < -0.3 is 9.88 Å². The molecule has 0 saturated heterocycles. The Morgan fingerprint density at radius 1 is 1.03 bits per heavy atom. The fourth-order valence-electron chi connectivity index (χ4n) is 3.63. The van der Waals surface area contributed by atoms with Crippen LogP contribution in [0.1, 0.15) is 17.7 Å². The number of anilines is 1. The Balaban J connectivity index is 1.41. The Hall–Kier alpha value is -3.59. The summed E-state index contributed by atoms with van der Waals surface area (Å²) in [5.41, 5.74) is 3.65. The van der Waals surface area contributed by atoms with Crippen LogP contribution in [0, 0.1) is 13.8 Å². The van der Waals surface area contributed by atoms with Crippen molar-refractivity contribution in [2.24, 2.45) is 14.1 Å². The van der Waals surface area contributed by atoms with Crippen molar-refractivity contribution in [3.05, 3.63) is 76.2 Å². The van der Waals surface area contributed by atoms with Gasteiger partial charge in [0.15, 0.2) is 11.0 Å². The van der Waals surface area contributed by atoms with Gasteiger partial charge in [0.2, 0.25) is 5.91 Å². The molecule has 8 nitrogen and oxygen atoms in total. The van der Waals surface area contributed by atoms with Crippen molar-refractivity contribution >= 4 is 23.4 Å². The van der Waals surface area contributed by atoms with Gasteiger partial charge in [-0.3, -0.25) is 14.3 Å². The molecule has 2 heterocycles. The molecule has 0 aliphatic carbocycles. The molecule has 0 fully saturated rings. The van der Waals surface area contributed by atoms with E-state index >= 15 is 0 Å². The van der Waals surface area contributed by atoms with E-state index in [-0.39, 0.29) is 17.9 Å². The lowest BCUT2D eigenvalue weighted by Crippen LogP contribution is -2.23. The predicted molar refractivity (Wildman–Crippen MR) is 131 cm³/mol. The number of carbonyl (C=O) groups is 1. The first-order chi connectivity index (χ1) is 15.9. The molecule has 0 aliphatic heterocycles. The van der Waals surface area contributed by atoms with Crippen LogP contribution in [0.3, 0.4) is 0 Å². The number of hydrogen-bond acceptors (Lipinski definition) is 5. The molecule has 0 unspecified atom stereocenters. The van der Waals surface area contributed by atoms with Gasteiger partial charge >= 0.3 is 0 Å². The number of aromatic nitrogens is 5. The molecule has 0 spiro atoms. The highest BCUT2D eigenvalue weighted by Crippen LogP contribution is 2.24. The summed E-state index contributed by atoms with van der Waals surface area (Å²) in [6.07, 6.45) is 0.246. The lowest BCUT2D eigenvalue weighted by Gasteiger charge is -2.07. The van der Waals surface area contributed by atoms with E-state index in [1.807, 2.05) is 74.0 Å². The van der Waals surface area contributed by atoms with Gasteiger partial charge in [-0.25, -0.2) is 4.68 Å². The molecule has 4 aromatic rings. The lowest BCUT2D eigenvalue weighted by molar-refractivity contribution is -0.115. The van der Waals surface area contributed by atoms with Crippen LogP contribution in [0.25, 0.3) is 17.1 Å². The van der Waals surface area contributed by atoms with Gasteiger partial charge in [-0.05, 0) is 32.0 Å². The van der Waals surface area contributed by atoms with Crippen molar-refractivity contribution in [1.82, 2.24) is 24.1 Å². The summed E-state index contributed by atoms with van der Waals surface area (Å²) in [5, 5.41) is 12.1. The molecule has 1 amide bonds. The minimum atomic E-state index is -0.252. The zero-order chi connectivity index (χ0) is 23.5. The lowest BCUT2D eigenvalue weighted by atomic mass is 10.1. The Morgan fingerprint density at radius 2 is 1.79 bits per heavy atom. The van der Waals surface area contributed by atoms with Crippen LogP contribution in [0.2, 0.25) is 0 Å². The molecule has 9 heteroatoms. The van der Waals surface area contributed by atoms with E-state index in [9.17, 15) is 9.59 Å². The Morgan fingerprint density at radius 3 is 2.52 bits per heavy atom. The smallest absolute Gasteiger partial charge is 0.295 e. The van der Waals surface area contributed by atoms with Gasteiger partial charge in [0.25, 0.3) is 5.56 Å². The molecule has 2 aromatic heterocycles. The van der Waals surface area contributed by atoms with Crippen LogP contribution in [0.5, 0.6) is 0 Å². The second-order valence-electron chi connectivity index (χ2n) is 7.82. The average Bonchev–Trinajstić information content (AvgIpc) is 3.26. The molecule has 0 saturated carbocycles. The van der Waals surface area contributed by atoms with Crippen molar-refractivity contribution in [2.75, 3.05) is 11.1 Å². The van der Waals surface area contributed by atoms with E-state index in [0.717, 1.165) is 27.8 Å². The van der Waals surface area contributed by atoms with Crippen LogP contribution >= 0.6 is 11.8 Å². The normalized spacial score (nSPS) is 11.0. The summed E-state index contributed by atoms with van der Waals surface area (Å²) < 4.78 is 5.22. The molecule has 0 aliphatic rings. The summed E-state index contributed by atoms with van der Waals surface area (Å²) in [6.45, 7) is 3.86. The van der Waals surface area contributed by atoms with Gasteiger partial charge in [-0.2, -0.15) is 0 Å². The SMILES string of the molecule is Cc1cccc(-c2nnc(SCCC(=O)Nc3c(C)n(C)n(-c4ccccc4)c3=O)n2C)c1. The maximum atomic E-state index is 12.9. The maximum Gasteiger partial charge on any atom is 0.295 e. The standard InChI is InChI=1S/C24H26N6O2S/c1-16-9-8-10-18(15-16)22-26-27-24(28(22)3)33-14-13-20(31)25-21-17(2)29(4)30(23(21)32)19-11-6-5-7-12-19/h5-12,15H,13-14H2,1-4H3,(H,25,31). The van der Waals surface area contributed by atoms with Crippen molar-refractivity contribution in [3.8, 4) is 17.1 Å². The molecular formula is C24H26N6O2S. The van der Waals surface area contributed by atoms with E-state index in [0.29, 0.717) is 17.1 Å². The third-order valence-corrected chi connectivity index (χ3v) is 6.51. The Bertz CT molecular complexity index is 1350. The first kappa shape index (κ1) is 22.6. The first-order valence-electron chi connectivity index (χ1n) is 10.6. The van der Waals surface area contributed by atoms with E-state index in [1.165, 1.54) is 11.8 Å². The van der Waals surface area contributed by atoms with E-state index in [2.05, 4.69) is 21.6 Å². The van der Waals surface area contributed by atoms with Crippen molar-refractivity contribution in [1.29, 1.82) is 0 Å². The fraction of sp³-hybridized carbons (Fsp3) is 0.250. The Labute approximate surface area is 196 Å². The summed E-state index contributed by atoms with van der Waals surface area (Å²) in [5.74, 6) is 1.09. The highest BCUT2D eigenvalue weighted by atomic mass is 32.2. The number of thioether (sulfide) groups is 1. The summed E-state index contributed by atoms with van der Waals surface area (Å²) in [6, 6.07) is 17.5. The van der Waals surface area contributed by atoms with Crippen LogP contribution in [0.15, 0.2) is 64.5 Å². The van der Waals surface area contributed by atoms with Crippen LogP contribution in [0.4, 0.5) is 5.69 Å². The summed E-state index contributed by atoms with van der Waals surface area (Å²) >= 11 is 1.46. The predicted octanol–water partition coefficient (Wildman–Crippen LogP) is 3.71. The maximum absolute atomic E-state index is 12.9. The van der Waals surface area contributed by atoms with Gasteiger partial charge in [0, 0.05) is 31.8 Å². The number of amides is 1. The van der Waals surface area contributed by atoms with Crippen LogP contribution < -0.4 is 10.9 Å². The van der Waals surface area contributed by atoms with Crippen molar-refractivity contribution in [3.63, 3.8) is 0 Å². The number of benzene rings is 2. The number of carbonyl (C=O) groups excluding carboxylic acids is 1. The molecule has 4 rings (SSSR count). The van der Waals surface area contributed by atoms with E-state index < -0.39 is 0 Å². The molecule has 33 heavy (non-hydrogen) atoms. The average molecular weight is 463 g/mol. The minimum Gasteiger partial charge on any atom is -0.320 e. The van der Waals surface area contributed by atoms with Crippen LogP contribution in [-0.2, 0) is 18.9 Å². The monoisotopic (exact) mass is 462 g/mol. The van der Waals surface area contributed by atoms with E-state index in [1.54, 1.807) is 16.4 Å². The molecule has 0 radical (unpaired) electrons. The molecule has 1 N–H and O–H groups in total. The van der Waals surface area contributed by atoms with Crippen molar-refractivity contribution < 1.29 is 4.79 Å². The topological polar surface area (TPSA) is 86.7 Å². The fourth-order valence-corrected chi connectivity index (χ4v) is 4.47. The highest BCUT2D eigenvalue weighted by molar-refractivity contribution is 7.99. The minimum absolute atomic E-state index is 0.213. The third kappa shape index (κ3) is 4.63. The van der Waals surface area contributed by atoms with Gasteiger partial charge in [-0.15, -0.1) is 10.2 Å². The van der Waals surface area contributed by atoms with Crippen molar-refractivity contribution in [2.45, 2.75) is 25.4 Å². The molecule has 2 aromatic carbocycles. The number of nitrogens with zero attached hydrogens (tertiary/aromatic N) is 5. The third-order valence-electron chi connectivity index (χ3n) is 5.49. The molecular weight excluding hydrogens is 436 g/mol. The number of hydrogen-bond donors (Lipinski definition) is 1. The van der Waals surface area contributed by atoms with Crippen LogP contribution in [-0.4, -0.2) is 35.8 Å². The molecule has 170 valence electrons. The Kier molecular flexibility index (Phi) is 6.50. The number of rotatable bonds is 7. The second kappa shape index (κ2) is 9.50. The number of aryl methyl sites for hydroxylation is 1. The molecule has 0 atom stereocenters. The number of para-hydroxylation sites is 1. The second-order valence-corrected chi connectivity index (χ2v) is 8.88. The zero-order valence-corrected chi connectivity index (χ0v) is 19.9. The summed E-state index contributed by atoms with van der Waals surface area (Å²) in [7, 11) is 3.72. The van der Waals surface area contributed by atoms with E-state index in [4.69, 9.17) is 0 Å². The van der Waals surface area contributed by atoms with Gasteiger partial charge in [0.05, 0.1) is 11.4 Å². The summed E-state index contributed by atoms with van der Waals surface area (Å²) in [4.78, 5) is 25.5. The quantitative estimate of drug-likeness (QED) is 0.423. The highest BCUT2D eigenvalue weighted by Gasteiger charge is 2.18.